The van der Waals surface area contributed by atoms with Crippen molar-refractivity contribution in [3.8, 4) is 0 Å². The molecular weight excluding hydrogens is 339 g/mol. The van der Waals surface area contributed by atoms with Crippen LogP contribution >= 0.6 is 24.8 Å². The Balaban J connectivity index is 0.00000144. The molecule has 0 atom stereocenters. The minimum atomic E-state index is 0. The molecule has 2 aromatic carbocycles. The molecule has 24 heavy (non-hydrogen) atoms. The predicted molar refractivity (Wildman–Crippen MR) is 107 cm³/mol. The Morgan fingerprint density at radius 2 is 1.25 bits per heavy atom. The molecule has 0 spiro atoms. The fourth-order valence-electron chi connectivity index (χ4n) is 3.71. The number of likely N-dealkylation sites (tertiary alicyclic amines) is 1. The van der Waals surface area contributed by atoms with Crippen LogP contribution in [0.2, 0.25) is 0 Å². The molecule has 0 saturated carbocycles. The zero-order valence-corrected chi connectivity index (χ0v) is 16.2. The van der Waals surface area contributed by atoms with E-state index in [1.165, 1.54) is 11.1 Å². The van der Waals surface area contributed by atoms with Gasteiger partial charge in [0, 0.05) is 24.7 Å². The van der Waals surface area contributed by atoms with Crippen molar-refractivity contribution in [3.63, 3.8) is 0 Å². The molecule has 4 heteroatoms. The molecule has 0 radical (unpaired) electrons. The first kappa shape index (κ1) is 21.0. The maximum Gasteiger partial charge on any atom is 0.0603 e. The van der Waals surface area contributed by atoms with Gasteiger partial charge < -0.3 is 5.32 Å². The molecule has 1 saturated heterocycles. The highest BCUT2D eigenvalue weighted by molar-refractivity contribution is 5.85. The summed E-state index contributed by atoms with van der Waals surface area (Å²) in [5.41, 5.74) is 2.98. The average molecular weight is 367 g/mol. The highest BCUT2D eigenvalue weighted by Crippen LogP contribution is 2.35. The van der Waals surface area contributed by atoms with Crippen molar-refractivity contribution in [3.05, 3.63) is 71.8 Å². The first-order valence-electron chi connectivity index (χ1n) is 8.19. The molecule has 1 aliphatic heterocycles. The van der Waals surface area contributed by atoms with E-state index < -0.39 is 0 Å². The largest absolute Gasteiger partial charge is 0.307 e. The van der Waals surface area contributed by atoms with Gasteiger partial charge in [0.1, 0.15) is 0 Å². The second-order valence-corrected chi connectivity index (χ2v) is 6.99. The Morgan fingerprint density at radius 1 is 0.833 bits per heavy atom. The highest BCUT2D eigenvalue weighted by Gasteiger charge is 2.42. The standard InChI is InChI=1S/C20H26N2.2ClH/c1-16(2)21-20(3)14-22(15-20)19(17-10-6-4-7-11-17)18-12-8-5-9-13-18;;/h4-13,16,19,21H,14-15H2,1-3H3;2*1H. The van der Waals surface area contributed by atoms with Crippen LogP contribution in [0.1, 0.15) is 37.9 Å². The number of benzene rings is 2. The quantitative estimate of drug-likeness (QED) is 0.825. The van der Waals surface area contributed by atoms with Gasteiger partial charge in [-0.1, -0.05) is 74.5 Å². The molecule has 1 heterocycles. The van der Waals surface area contributed by atoms with E-state index in [4.69, 9.17) is 0 Å². The van der Waals surface area contributed by atoms with E-state index in [0.29, 0.717) is 12.1 Å². The minimum Gasteiger partial charge on any atom is -0.307 e. The first-order valence-corrected chi connectivity index (χ1v) is 8.19. The van der Waals surface area contributed by atoms with Gasteiger partial charge in [0.15, 0.2) is 0 Å². The van der Waals surface area contributed by atoms with Gasteiger partial charge in [-0.25, -0.2) is 0 Å². The summed E-state index contributed by atoms with van der Waals surface area (Å²) in [6.45, 7) is 8.94. The van der Waals surface area contributed by atoms with Crippen LogP contribution in [-0.2, 0) is 0 Å². The van der Waals surface area contributed by atoms with E-state index >= 15 is 0 Å². The number of hydrogen-bond donors (Lipinski definition) is 1. The van der Waals surface area contributed by atoms with E-state index in [-0.39, 0.29) is 30.4 Å². The van der Waals surface area contributed by atoms with E-state index in [2.05, 4.69) is 91.7 Å². The summed E-state index contributed by atoms with van der Waals surface area (Å²) >= 11 is 0. The van der Waals surface area contributed by atoms with Crippen molar-refractivity contribution in [2.24, 2.45) is 0 Å². The van der Waals surface area contributed by atoms with E-state index in [1.807, 2.05) is 0 Å². The minimum absolute atomic E-state index is 0. The van der Waals surface area contributed by atoms with Gasteiger partial charge in [-0.05, 0) is 18.1 Å². The van der Waals surface area contributed by atoms with E-state index in [9.17, 15) is 0 Å². The van der Waals surface area contributed by atoms with Gasteiger partial charge in [-0.2, -0.15) is 0 Å². The molecule has 0 aliphatic carbocycles. The Labute approximate surface area is 158 Å². The zero-order valence-electron chi connectivity index (χ0n) is 14.6. The zero-order chi connectivity index (χ0) is 15.6. The Morgan fingerprint density at radius 3 is 1.62 bits per heavy atom. The highest BCUT2D eigenvalue weighted by atomic mass is 35.5. The smallest absolute Gasteiger partial charge is 0.0603 e. The van der Waals surface area contributed by atoms with Crippen molar-refractivity contribution in [1.82, 2.24) is 10.2 Å². The van der Waals surface area contributed by atoms with Gasteiger partial charge in [0.25, 0.3) is 0 Å². The summed E-state index contributed by atoms with van der Waals surface area (Å²) in [7, 11) is 0. The lowest BCUT2D eigenvalue weighted by atomic mass is 9.85. The van der Waals surface area contributed by atoms with Crippen molar-refractivity contribution in [2.45, 2.75) is 38.4 Å². The Hall–Kier alpha value is -1.06. The molecule has 0 amide bonds. The van der Waals surface area contributed by atoms with Crippen LogP contribution < -0.4 is 5.32 Å². The van der Waals surface area contributed by atoms with E-state index in [0.717, 1.165) is 13.1 Å². The molecule has 0 unspecified atom stereocenters. The number of nitrogens with one attached hydrogen (secondary N) is 1. The number of hydrogen-bond acceptors (Lipinski definition) is 2. The van der Waals surface area contributed by atoms with Gasteiger partial charge in [-0.3, -0.25) is 4.90 Å². The molecular formula is C20H28Cl2N2. The summed E-state index contributed by atoms with van der Waals surface area (Å²) in [6.07, 6.45) is 0. The van der Waals surface area contributed by atoms with Gasteiger partial charge in [0.05, 0.1) is 6.04 Å². The molecule has 2 nitrogen and oxygen atoms in total. The lowest BCUT2D eigenvalue weighted by Gasteiger charge is -2.53. The normalized spacial score (nSPS) is 16.2. The van der Waals surface area contributed by atoms with Crippen LogP contribution in [0, 0.1) is 0 Å². The maximum absolute atomic E-state index is 3.70. The van der Waals surface area contributed by atoms with Crippen LogP contribution in [0.5, 0.6) is 0 Å². The van der Waals surface area contributed by atoms with Crippen LogP contribution in [0.4, 0.5) is 0 Å². The maximum atomic E-state index is 3.70. The fourth-order valence-corrected chi connectivity index (χ4v) is 3.71. The number of nitrogens with zero attached hydrogens (tertiary/aromatic N) is 1. The monoisotopic (exact) mass is 366 g/mol. The molecule has 1 N–H and O–H groups in total. The lowest BCUT2D eigenvalue weighted by Crippen LogP contribution is -2.69. The van der Waals surface area contributed by atoms with Crippen molar-refractivity contribution >= 4 is 24.8 Å². The molecule has 132 valence electrons. The van der Waals surface area contributed by atoms with E-state index in [1.54, 1.807) is 0 Å². The van der Waals surface area contributed by atoms with Gasteiger partial charge in [0.2, 0.25) is 0 Å². The second kappa shape index (κ2) is 8.87. The molecule has 0 bridgehead atoms. The van der Waals surface area contributed by atoms with Crippen molar-refractivity contribution in [1.29, 1.82) is 0 Å². The summed E-state index contributed by atoms with van der Waals surface area (Å²) < 4.78 is 0. The van der Waals surface area contributed by atoms with Crippen LogP contribution in [-0.4, -0.2) is 29.6 Å². The summed E-state index contributed by atoms with van der Waals surface area (Å²) in [4.78, 5) is 2.57. The Kier molecular flexibility index (Phi) is 7.75. The second-order valence-electron chi connectivity index (χ2n) is 6.99. The SMILES string of the molecule is CC(C)NC1(C)CN(C(c2ccccc2)c2ccccc2)C1.Cl.Cl. The van der Waals surface area contributed by atoms with Crippen LogP contribution in [0.3, 0.4) is 0 Å². The van der Waals surface area contributed by atoms with Crippen LogP contribution in [0.15, 0.2) is 60.7 Å². The van der Waals surface area contributed by atoms with Crippen molar-refractivity contribution < 1.29 is 0 Å². The fraction of sp³-hybridized carbons (Fsp3) is 0.400. The number of rotatable bonds is 5. The van der Waals surface area contributed by atoms with Gasteiger partial charge in [-0.15, -0.1) is 24.8 Å². The predicted octanol–water partition coefficient (Wildman–Crippen LogP) is 4.69. The molecule has 3 rings (SSSR count). The molecule has 1 aliphatic rings. The topological polar surface area (TPSA) is 15.3 Å². The molecule has 2 aromatic rings. The Bertz CT molecular complexity index is 556. The summed E-state index contributed by atoms with van der Waals surface area (Å²) in [6, 6.07) is 22.6. The third kappa shape index (κ3) is 4.73. The molecule has 1 fully saturated rings. The lowest BCUT2D eigenvalue weighted by molar-refractivity contribution is 0.0236. The van der Waals surface area contributed by atoms with Gasteiger partial charge >= 0.3 is 0 Å². The van der Waals surface area contributed by atoms with Crippen molar-refractivity contribution in [2.75, 3.05) is 13.1 Å². The number of halogens is 2. The third-order valence-corrected chi connectivity index (χ3v) is 4.34. The summed E-state index contributed by atoms with van der Waals surface area (Å²) in [5.74, 6) is 0. The summed E-state index contributed by atoms with van der Waals surface area (Å²) in [5, 5.41) is 3.70. The van der Waals surface area contributed by atoms with Crippen LogP contribution in [0.25, 0.3) is 0 Å². The average Bonchev–Trinajstić information content (AvgIpc) is 2.47. The third-order valence-electron chi connectivity index (χ3n) is 4.34. The molecule has 0 aromatic heterocycles. The first-order chi connectivity index (χ1) is 10.6.